The lowest BCUT2D eigenvalue weighted by atomic mass is 10.2. The van der Waals surface area contributed by atoms with Crippen molar-refractivity contribution < 1.29 is 14.6 Å². The van der Waals surface area contributed by atoms with Crippen molar-refractivity contribution in [3.05, 3.63) is 18.1 Å². The Kier molecular flexibility index (Phi) is 5.35. The molecule has 1 rings (SSSR count). The van der Waals surface area contributed by atoms with E-state index in [4.69, 9.17) is 0 Å². The van der Waals surface area contributed by atoms with Gasteiger partial charge in [-0.15, -0.1) is 0 Å². The number of nitrogens with one attached hydrogen (secondary N) is 1. The van der Waals surface area contributed by atoms with Crippen molar-refractivity contribution >= 4 is 11.8 Å². The highest BCUT2D eigenvalue weighted by molar-refractivity contribution is 5.87. The topological polar surface area (TPSA) is 84.3 Å². The third kappa shape index (κ3) is 4.36. The van der Waals surface area contributed by atoms with Crippen molar-refractivity contribution in [1.82, 2.24) is 9.97 Å². The van der Waals surface area contributed by atoms with Crippen LogP contribution in [0.3, 0.4) is 0 Å². The Morgan fingerprint density at radius 2 is 2.35 bits per heavy atom. The maximum atomic E-state index is 11.2. The van der Waals surface area contributed by atoms with Crippen LogP contribution >= 0.6 is 0 Å². The molecule has 0 aliphatic rings. The minimum atomic E-state index is -0.532. The average Bonchev–Trinajstić information content (AvgIpc) is 2.36. The molecule has 0 spiro atoms. The molecule has 17 heavy (non-hydrogen) atoms. The van der Waals surface area contributed by atoms with Gasteiger partial charge in [0.1, 0.15) is 5.82 Å². The normalized spacial score (nSPS) is 11.9. The van der Waals surface area contributed by atoms with Gasteiger partial charge in [0.25, 0.3) is 0 Å². The summed E-state index contributed by atoms with van der Waals surface area (Å²) in [6.07, 6.45) is 4.03. The summed E-state index contributed by atoms with van der Waals surface area (Å²) in [5.41, 5.74) is 0.141. The summed E-state index contributed by atoms with van der Waals surface area (Å²) in [7, 11) is 1.29. The highest BCUT2D eigenvalue weighted by Gasteiger charge is 2.09. The van der Waals surface area contributed by atoms with Crippen LogP contribution in [-0.2, 0) is 4.74 Å². The number of methoxy groups -OCH3 is 1. The van der Waals surface area contributed by atoms with Crippen LogP contribution in [-0.4, -0.2) is 40.8 Å². The van der Waals surface area contributed by atoms with Crippen LogP contribution in [0.4, 0.5) is 5.82 Å². The molecular formula is C11H17N3O3. The highest BCUT2D eigenvalue weighted by atomic mass is 16.5. The van der Waals surface area contributed by atoms with Crippen LogP contribution < -0.4 is 5.32 Å². The molecular weight excluding hydrogens is 222 g/mol. The molecule has 2 N–H and O–H groups in total. The van der Waals surface area contributed by atoms with Gasteiger partial charge in [-0.2, -0.15) is 0 Å². The fraction of sp³-hybridized carbons (Fsp3) is 0.545. The predicted molar refractivity (Wildman–Crippen MR) is 62.8 cm³/mol. The van der Waals surface area contributed by atoms with Crippen molar-refractivity contribution in [2.45, 2.75) is 25.9 Å². The fourth-order valence-electron chi connectivity index (χ4n) is 1.31. The molecule has 0 bridgehead atoms. The van der Waals surface area contributed by atoms with Crippen LogP contribution in [0, 0.1) is 0 Å². The van der Waals surface area contributed by atoms with E-state index in [1.54, 1.807) is 0 Å². The monoisotopic (exact) mass is 239 g/mol. The molecule has 0 aliphatic heterocycles. The van der Waals surface area contributed by atoms with Gasteiger partial charge in [0.05, 0.1) is 25.6 Å². The largest absolute Gasteiger partial charge is 0.464 e. The summed E-state index contributed by atoms with van der Waals surface area (Å²) in [5, 5.41) is 12.5. The predicted octanol–water partition coefficient (Wildman–Crippen LogP) is 0.836. The second-order valence-electron chi connectivity index (χ2n) is 3.60. The minimum absolute atomic E-state index is 0.141. The molecule has 0 aliphatic carbocycles. The number of ether oxygens (including phenoxy) is 1. The zero-order valence-corrected chi connectivity index (χ0v) is 10.0. The van der Waals surface area contributed by atoms with Crippen molar-refractivity contribution in [1.29, 1.82) is 0 Å². The van der Waals surface area contributed by atoms with E-state index in [0.717, 1.165) is 12.8 Å². The first kappa shape index (κ1) is 13.4. The number of anilines is 1. The molecule has 1 aromatic heterocycles. The number of carbonyl (C=O) groups is 1. The van der Waals surface area contributed by atoms with E-state index >= 15 is 0 Å². The number of aromatic nitrogens is 2. The molecule has 0 aromatic carbocycles. The number of carbonyl (C=O) groups excluding carboxylic acids is 1. The Bertz CT molecular complexity index is 371. The Labute approximate surface area is 100 Å². The van der Waals surface area contributed by atoms with Crippen LogP contribution in [0.5, 0.6) is 0 Å². The summed E-state index contributed by atoms with van der Waals surface area (Å²) >= 11 is 0. The summed E-state index contributed by atoms with van der Waals surface area (Å²) in [5.74, 6) is -0.0849. The van der Waals surface area contributed by atoms with E-state index in [1.807, 2.05) is 6.92 Å². The molecule has 0 fully saturated rings. The zero-order chi connectivity index (χ0) is 12.7. The molecule has 6 heteroatoms. The van der Waals surface area contributed by atoms with E-state index in [-0.39, 0.29) is 5.69 Å². The standard InChI is InChI=1S/C11H17N3O3/c1-3-4-8(15)5-13-10-7-12-6-9(14-10)11(16)17-2/h6-8,15H,3-5H2,1-2H3,(H,13,14). The van der Waals surface area contributed by atoms with Gasteiger partial charge in [-0.1, -0.05) is 13.3 Å². The Morgan fingerprint density at radius 3 is 3.00 bits per heavy atom. The first-order valence-electron chi connectivity index (χ1n) is 5.49. The Balaban J connectivity index is 2.57. The van der Waals surface area contributed by atoms with Crippen molar-refractivity contribution in [3.8, 4) is 0 Å². The summed E-state index contributed by atoms with van der Waals surface area (Å²) in [6.45, 7) is 2.38. The van der Waals surface area contributed by atoms with Crippen molar-refractivity contribution in [3.63, 3.8) is 0 Å². The molecule has 0 saturated heterocycles. The second kappa shape index (κ2) is 6.80. The van der Waals surface area contributed by atoms with Gasteiger partial charge < -0.3 is 15.2 Å². The molecule has 0 amide bonds. The molecule has 1 atom stereocenters. The third-order valence-corrected chi connectivity index (χ3v) is 2.17. The average molecular weight is 239 g/mol. The zero-order valence-electron chi connectivity index (χ0n) is 10.0. The highest BCUT2D eigenvalue weighted by Crippen LogP contribution is 2.04. The number of hydrogen-bond acceptors (Lipinski definition) is 6. The number of esters is 1. The Morgan fingerprint density at radius 1 is 1.59 bits per heavy atom. The third-order valence-electron chi connectivity index (χ3n) is 2.17. The van der Waals surface area contributed by atoms with Gasteiger partial charge in [0.2, 0.25) is 0 Å². The molecule has 1 unspecified atom stereocenters. The summed E-state index contributed by atoms with van der Waals surface area (Å²) < 4.78 is 4.54. The second-order valence-corrected chi connectivity index (χ2v) is 3.60. The minimum Gasteiger partial charge on any atom is -0.464 e. The van der Waals surface area contributed by atoms with E-state index in [1.165, 1.54) is 19.5 Å². The summed E-state index contributed by atoms with van der Waals surface area (Å²) in [4.78, 5) is 19.1. The molecule has 0 radical (unpaired) electrons. The molecule has 1 aromatic rings. The molecule has 6 nitrogen and oxygen atoms in total. The smallest absolute Gasteiger partial charge is 0.358 e. The number of nitrogens with zero attached hydrogens (tertiary/aromatic N) is 2. The van der Waals surface area contributed by atoms with E-state index in [2.05, 4.69) is 20.0 Å². The number of hydrogen-bond donors (Lipinski definition) is 2. The maximum Gasteiger partial charge on any atom is 0.358 e. The molecule has 94 valence electrons. The Hall–Kier alpha value is -1.69. The van der Waals surface area contributed by atoms with Crippen molar-refractivity contribution in [2.75, 3.05) is 19.0 Å². The van der Waals surface area contributed by atoms with Gasteiger partial charge in [-0.05, 0) is 6.42 Å². The number of aliphatic hydroxyl groups is 1. The SMILES string of the molecule is CCCC(O)CNc1cncc(C(=O)OC)n1. The van der Waals surface area contributed by atoms with Gasteiger partial charge in [-0.3, -0.25) is 4.98 Å². The van der Waals surface area contributed by atoms with Crippen LogP contribution in [0.1, 0.15) is 30.3 Å². The van der Waals surface area contributed by atoms with Crippen LogP contribution in [0.25, 0.3) is 0 Å². The number of rotatable bonds is 6. The first-order chi connectivity index (χ1) is 8.17. The maximum absolute atomic E-state index is 11.2. The van der Waals surface area contributed by atoms with Gasteiger partial charge in [0.15, 0.2) is 5.69 Å². The van der Waals surface area contributed by atoms with Gasteiger partial charge >= 0.3 is 5.97 Å². The van der Waals surface area contributed by atoms with Crippen molar-refractivity contribution in [2.24, 2.45) is 0 Å². The first-order valence-corrected chi connectivity index (χ1v) is 5.49. The number of aliphatic hydroxyl groups excluding tert-OH is 1. The quantitative estimate of drug-likeness (QED) is 0.715. The van der Waals surface area contributed by atoms with E-state index in [0.29, 0.717) is 12.4 Å². The lowest BCUT2D eigenvalue weighted by Gasteiger charge is -2.11. The fourth-order valence-corrected chi connectivity index (χ4v) is 1.31. The summed E-state index contributed by atoms with van der Waals surface area (Å²) in [6, 6.07) is 0. The van der Waals surface area contributed by atoms with Crippen LogP contribution in [0.15, 0.2) is 12.4 Å². The lowest BCUT2D eigenvalue weighted by Crippen LogP contribution is -2.20. The van der Waals surface area contributed by atoms with Gasteiger partial charge in [-0.25, -0.2) is 9.78 Å². The van der Waals surface area contributed by atoms with Gasteiger partial charge in [0, 0.05) is 6.54 Å². The van der Waals surface area contributed by atoms with E-state index in [9.17, 15) is 9.90 Å². The molecule has 0 saturated carbocycles. The van der Waals surface area contributed by atoms with Crippen LogP contribution in [0.2, 0.25) is 0 Å². The van der Waals surface area contributed by atoms with E-state index < -0.39 is 12.1 Å². The molecule has 1 heterocycles. The lowest BCUT2D eigenvalue weighted by molar-refractivity contribution is 0.0593.